The smallest absolute Gasteiger partial charge is 0.331 e. The molecule has 1 aliphatic rings. The Labute approximate surface area is 91.1 Å². The normalized spacial score (nSPS) is 27.7. The highest BCUT2D eigenvalue weighted by molar-refractivity contribution is 5.85. The van der Waals surface area contributed by atoms with Gasteiger partial charge in [0.05, 0.1) is 12.7 Å². The number of hydrogen-bond acceptors (Lipinski definition) is 2. The van der Waals surface area contributed by atoms with Gasteiger partial charge in [-0.3, -0.25) is 0 Å². The van der Waals surface area contributed by atoms with E-state index in [2.05, 4.69) is 6.92 Å². The van der Waals surface area contributed by atoms with Crippen molar-refractivity contribution in [2.24, 2.45) is 5.92 Å². The maximum Gasteiger partial charge on any atom is 0.331 e. The first kappa shape index (κ1) is 12.2. The van der Waals surface area contributed by atoms with Gasteiger partial charge in [-0.15, -0.1) is 0 Å². The maximum atomic E-state index is 10.5. The molecule has 0 aromatic carbocycles. The van der Waals surface area contributed by atoms with Crippen LogP contribution in [0.3, 0.4) is 0 Å². The minimum Gasteiger partial charge on any atom is -0.478 e. The van der Waals surface area contributed by atoms with Crippen LogP contribution in [-0.4, -0.2) is 23.8 Å². The summed E-state index contributed by atoms with van der Waals surface area (Å²) >= 11 is 0. The summed E-state index contributed by atoms with van der Waals surface area (Å²) in [5.74, 6) is -0.121. The number of carbonyl (C=O) groups is 1. The van der Waals surface area contributed by atoms with Crippen molar-refractivity contribution in [3.8, 4) is 0 Å². The van der Waals surface area contributed by atoms with Crippen LogP contribution < -0.4 is 0 Å². The van der Waals surface area contributed by atoms with Crippen LogP contribution in [0.5, 0.6) is 0 Å². The lowest BCUT2D eigenvalue weighted by Gasteiger charge is -2.26. The zero-order valence-electron chi connectivity index (χ0n) is 9.53. The Morgan fingerprint density at radius 3 is 2.87 bits per heavy atom. The molecule has 0 bridgehead atoms. The molecule has 3 nitrogen and oxygen atoms in total. The fourth-order valence-corrected chi connectivity index (χ4v) is 1.93. The number of carboxylic acid groups (broad SMARTS) is 1. The van der Waals surface area contributed by atoms with Crippen LogP contribution >= 0.6 is 0 Å². The molecule has 1 rings (SSSR count). The van der Waals surface area contributed by atoms with E-state index in [0.717, 1.165) is 18.8 Å². The molecule has 0 amide bonds. The molecule has 0 saturated heterocycles. The molecule has 1 N–H and O–H groups in total. The first-order valence-corrected chi connectivity index (χ1v) is 5.61. The molecule has 1 aliphatic carbocycles. The minimum atomic E-state index is -0.865. The van der Waals surface area contributed by atoms with E-state index in [-0.39, 0.29) is 0 Å². The standard InChI is InChI=1S/C12H20O3/c1-9-4-3-5-11(8-9)15-7-6-10(2)12(13)14/h6,9,11H,3-5,7-8H2,1-2H3,(H,13,14). The van der Waals surface area contributed by atoms with E-state index in [9.17, 15) is 4.79 Å². The molecule has 0 heterocycles. The first-order valence-electron chi connectivity index (χ1n) is 5.61. The first-order chi connectivity index (χ1) is 7.09. The Morgan fingerprint density at radius 1 is 1.53 bits per heavy atom. The molecule has 1 saturated carbocycles. The van der Waals surface area contributed by atoms with Crippen molar-refractivity contribution in [1.82, 2.24) is 0 Å². The van der Waals surface area contributed by atoms with Crippen LogP contribution in [-0.2, 0) is 9.53 Å². The molecular weight excluding hydrogens is 192 g/mol. The van der Waals surface area contributed by atoms with Gasteiger partial charge in [0.1, 0.15) is 0 Å². The summed E-state index contributed by atoms with van der Waals surface area (Å²) in [6, 6.07) is 0. The molecule has 0 aromatic rings. The summed E-state index contributed by atoms with van der Waals surface area (Å²) in [7, 11) is 0. The Bertz CT molecular complexity index is 245. The quantitative estimate of drug-likeness (QED) is 0.729. The van der Waals surface area contributed by atoms with Crippen LogP contribution in [0.1, 0.15) is 39.5 Å². The van der Waals surface area contributed by atoms with Crippen molar-refractivity contribution in [2.45, 2.75) is 45.6 Å². The van der Waals surface area contributed by atoms with Crippen molar-refractivity contribution in [1.29, 1.82) is 0 Å². The van der Waals surface area contributed by atoms with Crippen molar-refractivity contribution in [3.05, 3.63) is 11.6 Å². The van der Waals surface area contributed by atoms with Gasteiger partial charge in [0, 0.05) is 5.57 Å². The van der Waals surface area contributed by atoms with Crippen molar-refractivity contribution < 1.29 is 14.6 Å². The molecule has 86 valence electrons. The molecule has 0 radical (unpaired) electrons. The van der Waals surface area contributed by atoms with Gasteiger partial charge in [0.15, 0.2) is 0 Å². The Balaban J connectivity index is 2.25. The second-order valence-corrected chi connectivity index (χ2v) is 4.42. The average molecular weight is 212 g/mol. The summed E-state index contributed by atoms with van der Waals surface area (Å²) in [6.45, 7) is 4.26. The van der Waals surface area contributed by atoms with E-state index in [1.54, 1.807) is 13.0 Å². The molecule has 2 unspecified atom stereocenters. The molecule has 2 atom stereocenters. The highest BCUT2D eigenvalue weighted by Crippen LogP contribution is 2.25. The van der Waals surface area contributed by atoms with E-state index >= 15 is 0 Å². The maximum absolute atomic E-state index is 10.5. The van der Waals surface area contributed by atoms with Crippen LogP contribution in [0.15, 0.2) is 11.6 Å². The third kappa shape index (κ3) is 4.47. The topological polar surface area (TPSA) is 46.5 Å². The van der Waals surface area contributed by atoms with Gasteiger partial charge in [-0.05, 0) is 31.8 Å². The zero-order valence-corrected chi connectivity index (χ0v) is 9.53. The van der Waals surface area contributed by atoms with Gasteiger partial charge in [-0.2, -0.15) is 0 Å². The lowest BCUT2D eigenvalue weighted by atomic mass is 9.89. The van der Waals surface area contributed by atoms with Crippen molar-refractivity contribution >= 4 is 5.97 Å². The van der Waals surface area contributed by atoms with Crippen LogP contribution in [0.4, 0.5) is 0 Å². The predicted molar refractivity (Wildman–Crippen MR) is 58.8 cm³/mol. The lowest BCUT2D eigenvalue weighted by molar-refractivity contribution is -0.132. The Hall–Kier alpha value is -0.830. The molecule has 0 aromatic heterocycles. The fourth-order valence-electron chi connectivity index (χ4n) is 1.93. The number of carboxylic acids is 1. The number of ether oxygens (including phenoxy) is 1. The Kier molecular flexibility index (Phi) is 4.82. The number of rotatable bonds is 4. The second kappa shape index (κ2) is 5.91. The van der Waals surface area contributed by atoms with E-state index in [4.69, 9.17) is 9.84 Å². The summed E-state index contributed by atoms with van der Waals surface area (Å²) in [5.41, 5.74) is 0.360. The average Bonchev–Trinajstić information content (AvgIpc) is 2.17. The van der Waals surface area contributed by atoms with Crippen molar-refractivity contribution in [2.75, 3.05) is 6.61 Å². The number of hydrogen-bond donors (Lipinski definition) is 1. The SMILES string of the molecule is CC(=CCOC1CCCC(C)C1)C(=O)O. The molecular formula is C12H20O3. The van der Waals surface area contributed by atoms with Crippen molar-refractivity contribution in [3.63, 3.8) is 0 Å². The van der Waals surface area contributed by atoms with Gasteiger partial charge in [0.2, 0.25) is 0 Å². The monoisotopic (exact) mass is 212 g/mol. The van der Waals surface area contributed by atoms with Gasteiger partial charge in [-0.1, -0.05) is 19.8 Å². The third-order valence-corrected chi connectivity index (χ3v) is 2.95. The Morgan fingerprint density at radius 2 is 2.27 bits per heavy atom. The molecule has 3 heteroatoms. The summed E-state index contributed by atoms with van der Waals surface area (Å²) in [5, 5.41) is 8.64. The molecule has 0 aliphatic heterocycles. The van der Waals surface area contributed by atoms with E-state index in [1.807, 2.05) is 0 Å². The van der Waals surface area contributed by atoms with Gasteiger partial charge in [-0.25, -0.2) is 4.79 Å². The number of aliphatic carboxylic acids is 1. The van der Waals surface area contributed by atoms with Gasteiger partial charge in [0.25, 0.3) is 0 Å². The molecule has 15 heavy (non-hydrogen) atoms. The largest absolute Gasteiger partial charge is 0.478 e. The predicted octanol–water partition coefficient (Wildman–Crippen LogP) is 2.61. The second-order valence-electron chi connectivity index (χ2n) is 4.42. The van der Waals surface area contributed by atoms with Gasteiger partial charge >= 0.3 is 5.97 Å². The van der Waals surface area contributed by atoms with E-state index < -0.39 is 5.97 Å². The van der Waals surface area contributed by atoms with Crippen LogP contribution in [0.25, 0.3) is 0 Å². The molecule has 0 spiro atoms. The minimum absolute atomic E-state index is 0.326. The summed E-state index contributed by atoms with van der Waals surface area (Å²) in [4.78, 5) is 10.5. The van der Waals surface area contributed by atoms with Crippen LogP contribution in [0, 0.1) is 5.92 Å². The van der Waals surface area contributed by atoms with Gasteiger partial charge < -0.3 is 9.84 Å². The van der Waals surface area contributed by atoms with E-state index in [0.29, 0.717) is 18.3 Å². The highest BCUT2D eigenvalue weighted by Gasteiger charge is 2.18. The summed E-state index contributed by atoms with van der Waals surface area (Å²) in [6.07, 6.45) is 6.72. The molecule has 1 fully saturated rings. The fraction of sp³-hybridized carbons (Fsp3) is 0.750. The lowest BCUT2D eigenvalue weighted by Crippen LogP contribution is -2.21. The zero-order chi connectivity index (χ0) is 11.3. The highest BCUT2D eigenvalue weighted by atomic mass is 16.5. The third-order valence-electron chi connectivity index (χ3n) is 2.95. The summed E-state index contributed by atoms with van der Waals surface area (Å²) < 4.78 is 5.63. The van der Waals surface area contributed by atoms with Crippen LogP contribution in [0.2, 0.25) is 0 Å². The van der Waals surface area contributed by atoms with E-state index in [1.165, 1.54) is 12.8 Å².